The summed E-state index contributed by atoms with van der Waals surface area (Å²) in [4.78, 5) is 23.3. The maximum Gasteiger partial charge on any atom is 0.336 e. The van der Waals surface area contributed by atoms with Crippen LogP contribution in [0.15, 0.2) is 27.6 Å². The van der Waals surface area contributed by atoms with Gasteiger partial charge in [-0.05, 0) is 47.0 Å². The van der Waals surface area contributed by atoms with Crippen molar-refractivity contribution in [2.45, 2.75) is 30.2 Å². The summed E-state index contributed by atoms with van der Waals surface area (Å²) in [5.41, 5.74) is 0.243. The van der Waals surface area contributed by atoms with E-state index in [-0.39, 0.29) is 11.5 Å². The van der Waals surface area contributed by atoms with Crippen LogP contribution >= 0.6 is 27.7 Å². The van der Waals surface area contributed by atoms with Gasteiger partial charge in [0.05, 0.1) is 5.56 Å². The number of nitrogens with one attached hydrogen (secondary N) is 1. The van der Waals surface area contributed by atoms with Gasteiger partial charge in [0.15, 0.2) is 0 Å². The fraction of sp³-hybridized carbons (Fsp3) is 0.385. The summed E-state index contributed by atoms with van der Waals surface area (Å²) in [5.74, 6) is -0.231. The summed E-state index contributed by atoms with van der Waals surface area (Å²) in [5, 5.41) is 11.9. The molecule has 0 radical (unpaired) electrons. The van der Waals surface area contributed by atoms with Crippen LogP contribution in [0.4, 0.5) is 0 Å². The lowest BCUT2D eigenvalue weighted by Crippen LogP contribution is -2.25. The highest BCUT2D eigenvalue weighted by molar-refractivity contribution is 9.10. The first-order valence-corrected chi connectivity index (χ1v) is 7.79. The molecule has 19 heavy (non-hydrogen) atoms. The van der Waals surface area contributed by atoms with Crippen LogP contribution in [0.2, 0.25) is 0 Å². The first-order valence-electron chi connectivity index (χ1n) is 6.01. The largest absolute Gasteiger partial charge is 0.478 e. The minimum Gasteiger partial charge on any atom is -0.478 e. The van der Waals surface area contributed by atoms with Gasteiger partial charge in [0.25, 0.3) is 0 Å². The number of thioether (sulfide) groups is 1. The Hall–Kier alpha value is -1.01. The van der Waals surface area contributed by atoms with Gasteiger partial charge in [-0.25, -0.2) is 4.79 Å². The Bertz CT molecular complexity index is 503. The predicted octanol–water partition coefficient (Wildman–Crippen LogP) is 2.91. The Morgan fingerprint density at radius 2 is 2.16 bits per heavy atom. The lowest BCUT2D eigenvalue weighted by Gasteiger charge is -2.05. The van der Waals surface area contributed by atoms with Gasteiger partial charge in [0, 0.05) is 27.6 Å². The molecule has 0 aromatic heterocycles. The Kier molecular flexibility index (Phi) is 4.87. The van der Waals surface area contributed by atoms with E-state index in [0.717, 1.165) is 17.7 Å². The van der Waals surface area contributed by atoms with Crippen molar-refractivity contribution in [3.05, 3.63) is 28.2 Å². The highest BCUT2D eigenvalue weighted by Crippen LogP contribution is 2.25. The fourth-order valence-corrected chi connectivity index (χ4v) is 2.85. The van der Waals surface area contributed by atoms with Gasteiger partial charge in [-0.3, -0.25) is 4.79 Å². The molecule has 1 aromatic carbocycles. The van der Waals surface area contributed by atoms with Crippen LogP contribution < -0.4 is 5.32 Å². The summed E-state index contributed by atoms with van der Waals surface area (Å²) in [6.45, 7) is 0. The molecule has 0 bridgehead atoms. The highest BCUT2D eigenvalue weighted by atomic mass is 79.9. The number of carbonyl (C=O) groups excluding carboxylic acids is 1. The number of hydrogen-bond donors (Lipinski definition) is 2. The van der Waals surface area contributed by atoms with E-state index >= 15 is 0 Å². The first kappa shape index (κ1) is 14.4. The van der Waals surface area contributed by atoms with Gasteiger partial charge in [0.2, 0.25) is 5.91 Å². The number of hydrogen-bond acceptors (Lipinski definition) is 3. The van der Waals surface area contributed by atoms with Crippen molar-refractivity contribution >= 4 is 39.6 Å². The minimum absolute atomic E-state index is 0.0746. The van der Waals surface area contributed by atoms with E-state index in [1.54, 1.807) is 12.1 Å². The molecule has 102 valence electrons. The van der Waals surface area contributed by atoms with Crippen molar-refractivity contribution < 1.29 is 14.7 Å². The average Bonchev–Trinajstić information content (AvgIpc) is 3.14. The van der Waals surface area contributed by atoms with E-state index in [0.29, 0.717) is 22.7 Å². The second kappa shape index (κ2) is 6.43. The molecule has 1 aliphatic carbocycles. The van der Waals surface area contributed by atoms with Gasteiger partial charge in [0.1, 0.15) is 0 Å². The molecule has 1 aromatic rings. The number of aromatic carboxylic acids is 1. The van der Waals surface area contributed by atoms with Crippen molar-refractivity contribution in [3.8, 4) is 0 Å². The number of amides is 1. The Labute approximate surface area is 124 Å². The molecule has 0 aliphatic heterocycles. The summed E-state index contributed by atoms with van der Waals surface area (Å²) in [7, 11) is 0. The van der Waals surface area contributed by atoms with Crippen molar-refractivity contribution in [1.29, 1.82) is 0 Å². The highest BCUT2D eigenvalue weighted by Gasteiger charge is 2.22. The van der Waals surface area contributed by atoms with E-state index in [4.69, 9.17) is 5.11 Å². The van der Waals surface area contributed by atoms with Gasteiger partial charge >= 0.3 is 5.97 Å². The molecule has 1 saturated carbocycles. The molecule has 2 rings (SSSR count). The second-order valence-electron chi connectivity index (χ2n) is 4.39. The summed E-state index contributed by atoms with van der Waals surface area (Å²) in [6, 6.07) is 5.58. The smallest absolute Gasteiger partial charge is 0.336 e. The van der Waals surface area contributed by atoms with Crippen LogP contribution in [0.3, 0.4) is 0 Å². The maximum atomic E-state index is 11.5. The molecule has 0 spiro atoms. The Morgan fingerprint density at radius 3 is 2.79 bits per heavy atom. The zero-order chi connectivity index (χ0) is 13.8. The van der Waals surface area contributed by atoms with Crippen molar-refractivity contribution in [3.63, 3.8) is 0 Å². The topological polar surface area (TPSA) is 66.4 Å². The third-order valence-electron chi connectivity index (χ3n) is 2.71. The van der Waals surface area contributed by atoms with E-state index < -0.39 is 5.97 Å². The summed E-state index contributed by atoms with van der Waals surface area (Å²) in [6.07, 6.45) is 2.64. The van der Waals surface area contributed by atoms with Crippen LogP contribution in [0, 0.1) is 0 Å². The van der Waals surface area contributed by atoms with Crippen LogP contribution in [0.5, 0.6) is 0 Å². The fourth-order valence-electron chi connectivity index (χ4n) is 1.55. The van der Waals surface area contributed by atoms with Crippen molar-refractivity contribution in [2.24, 2.45) is 0 Å². The van der Waals surface area contributed by atoms with Crippen LogP contribution in [0.25, 0.3) is 0 Å². The molecule has 1 aliphatic rings. The molecule has 6 heteroatoms. The quantitative estimate of drug-likeness (QED) is 0.779. The summed E-state index contributed by atoms with van der Waals surface area (Å²) >= 11 is 4.69. The maximum absolute atomic E-state index is 11.5. The number of benzene rings is 1. The molecule has 4 nitrogen and oxygen atoms in total. The van der Waals surface area contributed by atoms with Gasteiger partial charge < -0.3 is 10.4 Å². The van der Waals surface area contributed by atoms with E-state index in [1.807, 2.05) is 6.07 Å². The van der Waals surface area contributed by atoms with Crippen LogP contribution in [-0.2, 0) is 4.79 Å². The Morgan fingerprint density at radius 1 is 1.42 bits per heavy atom. The number of halogens is 1. The van der Waals surface area contributed by atoms with Gasteiger partial charge in [-0.2, -0.15) is 0 Å². The second-order valence-corrected chi connectivity index (χ2v) is 6.41. The normalized spacial score (nSPS) is 14.2. The van der Waals surface area contributed by atoms with E-state index in [1.165, 1.54) is 11.8 Å². The standard InChI is InChI=1S/C13H14BrNO3S/c14-11-4-3-9(7-10(11)13(17)18)19-6-5-12(16)15-8-1-2-8/h3-4,7-8H,1-2,5-6H2,(H,15,16)(H,17,18). The van der Waals surface area contributed by atoms with E-state index in [2.05, 4.69) is 21.2 Å². The first-order chi connectivity index (χ1) is 9.06. The Balaban J connectivity index is 1.83. The third kappa shape index (κ3) is 4.54. The number of carboxylic acids is 1. The number of rotatable bonds is 6. The van der Waals surface area contributed by atoms with Crippen LogP contribution in [0.1, 0.15) is 29.6 Å². The SMILES string of the molecule is O=C(CCSc1ccc(Br)c(C(=O)O)c1)NC1CC1. The zero-order valence-corrected chi connectivity index (χ0v) is 12.6. The molecule has 0 saturated heterocycles. The molecular formula is C13H14BrNO3S. The minimum atomic E-state index is -0.958. The molecule has 0 heterocycles. The lowest BCUT2D eigenvalue weighted by molar-refractivity contribution is -0.120. The molecule has 2 N–H and O–H groups in total. The molecule has 0 atom stereocenters. The zero-order valence-electron chi connectivity index (χ0n) is 10.2. The monoisotopic (exact) mass is 343 g/mol. The number of carboxylic acid groups (broad SMARTS) is 1. The molecule has 1 amide bonds. The predicted molar refractivity (Wildman–Crippen MR) is 77.6 cm³/mol. The number of carbonyl (C=O) groups is 2. The van der Waals surface area contributed by atoms with E-state index in [9.17, 15) is 9.59 Å². The van der Waals surface area contributed by atoms with Crippen molar-refractivity contribution in [2.75, 3.05) is 5.75 Å². The lowest BCUT2D eigenvalue weighted by atomic mass is 10.2. The van der Waals surface area contributed by atoms with Gasteiger partial charge in [-0.1, -0.05) is 0 Å². The summed E-state index contributed by atoms with van der Waals surface area (Å²) < 4.78 is 0.566. The molecular weight excluding hydrogens is 330 g/mol. The van der Waals surface area contributed by atoms with Crippen molar-refractivity contribution in [1.82, 2.24) is 5.32 Å². The molecule has 1 fully saturated rings. The third-order valence-corrected chi connectivity index (χ3v) is 4.40. The average molecular weight is 344 g/mol. The van der Waals surface area contributed by atoms with Crippen LogP contribution in [-0.4, -0.2) is 28.8 Å². The van der Waals surface area contributed by atoms with Gasteiger partial charge in [-0.15, -0.1) is 11.8 Å². The molecule has 0 unspecified atom stereocenters.